The van der Waals surface area contributed by atoms with E-state index in [-0.39, 0.29) is 11.8 Å². The van der Waals surface area contributed by atoms with Gasteiger partial charge in [0, 0.05) is 54.6 Å². The van der Waals surface area contributed by atoms with E-state index in [0.717, 1.165) is 48.9 Å². The van der Waals surface area contributed by atoms with Gasteiger partial charge >= 0.3 is 0 Å². The predicted octanol–water partition coefficient (Wildman–Crippen LogP) is 4.26. The van der Waals surface area contributed by atoms with E-state index in [1.54, 1.807) is 0 Å². The lowest BCUT2D eigenvalue weighted by atomic mass is 9.89. The summed E-state index contributed by atoms with van der Waals surface area (Å²) in [6.45, 7) is 3.32. The number of rotatable bonds is 8. The second kappa shape index (κ2) is 10.1. The molecule has 0 saturated carbocycles. The molecule has 32 heavy (non-hydrogen) atoms. The molecule has 1 aromatic heterocycles. The van der Waals surface area contributed by atoms with Crippen LogP contribution >= 0.6 is 0 Å². The van der Waals surface area contributed by atoms with E-state index in [1.807, 2.05) is 47.4 Å². The molecule has 2 heterocycles. The minimum Gasteiger partial charge on any atom is -0.347 e. The second-order valence-corrected chi connectivity index (χ2v) is 9.13. The molecule has 168 valence electrons. The van der Waals surface area contributed by atoms with Gasteiger partial charge in [0.25, 0.3) is 5.91 Å². The lowest BCUT2D eigenvalue weighted by Crippen LogP contribution is -2.40. The van der Waals surface area contributed by atoms with Crippen molar-refractivity contribution in [1.29, 1.82) is 0 Å². The zero-order chi connectivity index (χ0) is 22.5. The molecule has 3 aromatic rings. The van der Waals surface area contributed by atoms with Crippen molar-refractivity contribution in [2.24, 2.45) is 5.92 Å². The van der Waals surface area contributed by atoms with Crippen LogP contribution in [0.25, 0.3) is 10.9 Å². The molecule has 0 bridgehead atoms. The molecule has 0 N–H and O–H groups in total. The Morgan fingerprint density at radius 2 is 1.75 bits per heavy atom. The lowest BCUT2D eigenvalue weighted by Gasteiger charge is -2.31. The molecular formula is C27H33N3O2. The molecule has 0 unspecified atom stereocenters. The maximum absolute atomic E-state index is 13.1. The SMILES string of the molecule is CN(C)CCCn1ccc2cc(C(=O)N3CCC(C(=O)Cc4ccccc4)CC3)ccc21. The average Bonchev–Trinajstić information content (AvgIpc) is 3.21. The van der Waals surface area contributed by atoms with Crippen LogP contribution in [0.4, 0.5) is 0 Å². The Kier molecular flexibility index (Phi) is 7.05. The van der Waals surface area contributed by atoms with E-state index in [9.17, 15) is 9.59 Å². The average molecular weight is 432 g/mol. The Bertz CT molecular complexity index is 1060. The van der Waals surface area contributed by atoms with E-state index < -0.39 is 0 Å². The van der Waals surface area contributed by atoms with Crippen molar-refractivity contribution in [3.05, 3.63) is 71.9 Å². The Morgan fingerprint density at radius 1 is 1.00 bits per heavy atom. The Morgan fingerprint density at radius 3 is 2.47 bits per heavy atom. The van der Waals surface area contributed by atoms with Gasteiger partial charge in [-0.25, -0.2) is 0 Å². The zero-order valence-corrected chi connectivity index (χ0v) is 19.2. The molecule has 5 nitrogen and oxygen atoms in total. The Labute approximate surface area is 190 Å². The molecule has 0 aliphatic carbocycles. The van der Waals surface area contributed by atoms with Crippen LogP contribution in [-0.4, -0.2) is 59.8 Å². The van der Waals surface area contributed by atoms with Gasteiger partial charge < -0.3 is 14.4 Å². The third-order valence-corrected chi connectivity index (χ3v) is 6.48. The highest BCUT2D eigenvalue weighted by Crippen LogP contribution is 2.24. The molecule has 1 amide bonds. The van der Waals surface area contributed by atoms with Crippen LogP contribution in [-0.2, 0) is 17.8 Å². The van der Waals surface area contributed by atoms with Crippen molar-refractivity contribution in [2.45, 2.75) is 32.2 Å². The van der Waals surface area contributed by atoms with Crippen molar-refractivity contribution in [2.75, 3.05) is 33.7 Å². The summed E-state index contributed by atoms with van der Waals surface area (Å²) in [6, 6.07) is 18.0. The Balaban J connectivity index is 1.34. The summed E-state index contributed by atoms with van der Waals surface area (Å²) in [5.41, 5.74) is 2.97. The normalized spacial score (nSPS) is 14.9. The number of nitrogens with zero attached hydrogens (tertiary/aromatic N) is 3. The summed E-state index contributed by atoms with van der Waals surface area (Å²) in [4.78, 5) is 29.9. The standard InChI is InChI=1S/C27H33N3O2/c1-28(2)14-6-15-29-16-13-23-20-24(9-10-25(23)29)27(32)30-17-11-22(12-18-30)26(31)19-21-7-4-3-5-8-21/h3-5,7-10,13,16,20,22H,6,11-12,14-15,17-19H2,1-2H3. The summed E-state index contributed by atoms with van der Waals surface area (Å²) in [6.07, 6.45) is 5.19. The number of piperidine rings is 1. The topological polar surface area (TPSA) is 45.6 Å². The lowest BCUT2D eigenvalue weighted by molar-refractivity contribution is -0.123. The monoisotopic (exact) mass is 431 g/mol. The summed E-state index contributed by atoms with van der Waals surface area (Å²) < 4.78 is 2.26. The highest BCUT2D eigenvalue weighted by Gasteiger charge is 2.27. The van der Waals surface area contributed by atoms with Crippen molar-refractivity contribution >= 4 is 22.6 Å². The molecule has 1 aliphatic heterocycles. The van der Waals surface area contributed by atoms with Gasteiger partial charge in [0.05, 0.1) is 0 Å². The van der Waals surface area contributed by atoms with Gasteiger partial charge in [0.2, 0.25) is 0 Å². The van der Waals surface area contributed by atoms with Crippen molar-refractivity contribution in [3.63, 3.8) is 0 Å². The number of amides is 1. The summed E-state index contributed by atoms with van der Waals surface area (Å²) >= 11 is 0. The molecular weight excluding hydrogens is 398 g/mol. The number of aromatic nitrogens is 1. The molecule has 1 aliphatic rings. The maximum Gasteiger partial charge on any atom is 0.253 e. The van der Waals surface area contributed by atoms with Gasteiger partial charge in [0.1, 0.15) is 5.78 Å². The maximum atomic E-state index is 13.1. The smallest absolute Gasteiger partial charge is 0.253 e. The van der Waals surface area contributed by atoms with Crippen LogP contribution in [0.3, 0.4) is 0 Å². The van der Waals surface area contributed by atoms with E-state index in [0.29, 0.717) is 25.3 Å². The van der Waals surface area contributed by atoms with Gasteiger partial charge in [-0.15, -0.1) is 0 Å². The summed E-state index contributed by atoms with van der Waals surface area (Å²) in [5.74, 6) is 0.416. The van der Waals surface area contributed by atoms with E-state index in [4.69, 9.17) is 0 Å². The third-order valence-electron chi connectivity index (χ3n) is 6.48. The minimum atomic E-state index is 0.0536. The van der Waals surface area contributed by atoms with Crippen LogP contribution in [0.1, 0.15) is 35.2 Å². The first-order valence-electron chi connectivity index (χ1n) is 11.6. The molecule has 4 rings (SSSR count). The summed E-state index contributed by atoms with van der Waals surface area (Å²) in [7, 11) is 4.18. The first kappa shape index (κ1) is 22.3. The van der Waals surface area contributed by atoms with Crippen LogP contribution < -0.4 is 0 Å². The van der Waals surface area contributed by atoms with Gasteiger partial charge in [-0.3, -0.25) is 9.59 Å². The number of ketones is 1. The van der Waals surface area contributed by atoms with E-state index in [1.165, 1.54) is 5.52 Å². The van der Waals surface area contributed by atoms with Gasteiger partial charge in [-0.1, -0.05) is 30.3 Å². The van der Waals surface area contributed by atoms with Crippen molar-refractivity contribution in [1.82, 2.24) is 14.4 Å². The molecule has 2 aromatic carbocycles. The molecule has 0 atom stereocenters. The van der Waals surface area contributed by atoms with Crippen molar-refractivity contribution in [3.8, 4) is 0 Å². The molecule has 0 radical (unpaired) electrons. The van der Waals surface area contributed by atoms with Gasteiger partial charge in [-0.2, -0.15) is 0 Å². The zero-order valence-electron chi connectivity index (χ0n) is 19.2. The van der Waals surface area contributed by atoms with Gasteiger partial charge in [0.15, 0.2) is 0 Å². The number of benzene rings is 2. The fourth-order valence-electron chi connectivity index (χ4n) is 4.61. The van der Waals surface area contributed by atoms with Crippen LogP contribution in [0.5, 0.6) is 0 Å². The minimum absolute atomic E-state index is 0.0536. The number of hydrogen-bond donors (Lipinski definition) is 0. The predicted molar refractivity (Wildman–Crippen MR) is 129 cm³/mol. The number of carbonyl (C=O) groups excluding carboxylic acids is 2. The summed E-state index contributed by atoms with van der Waals surface area (Å²) in [5, 5.41) is 1.11. The highest BCUT2D eigenvalue weighted by atomic mass is 16.2. The fourth-order valence-corrected chi connectivity index (χ4v) is 4.61. The van der Waals surface area contributed by atoms with Crippen LogP contribution in [0, 0.1) is 5.92 Å². The molecule has 1 fully saturated rings. The number of fused-ring (bicyclic) bond motifs is 1. The number of aryl methyl sites for hydroxylation is 1. The second-order valence-electron chi connectivity index (χ2n) is 9.13. The number of Topliss-reactive ketones (excluding diaryl/α,β-unsaturated/α-hetero) is 1. The largest absolute Gasteiger partial charge is 0.347 e. The number of likely N-dealkylation sites (tertiary alicyclic amines) is 1. The fraction of sp³-hybridized carbons (Fsp3) is 0.407. The highest BCUT2D eigenvalue weighted by molar-refractivity contribution is 5.98. The first-order valence-corrected chi connectivity index (χ1v) is 11.6. The molecule has 1 saturated heterocycles. The van der Waals surface area contributed by atoms with Crippen LogP contribution in [0.15, 0.2) is 60.8 Å². The van der Waals surface area contributed by atoms with E-state index in [2.05, 4.69) is 41.9 Å². The quantitative estimate of drug-likeness (QED) is 0.535. The third kappa shape index (κ3) is 5.28. The van der Waals surface area contributed by atoms with Crippen molar-refractivity contribution < 1.29 is 9.59 Å². The first-order chi connectivity index (χ1) is 15.5. The van der Waals surface area contributed by atoms with E-state index >= 15 is 0 Å². The Hall–Kier alpha value is -2.92. The molecule has 0 spiro atoms. The number of carbonyl (C=O) groups is 2. The van der Waals surface area contributed by atoms with Gasteiger partial charge in [-0.05, 0) is 69.7 Å². The van der Waals surface area contributed by atoms with Crippen LogP contribution in [0.2, 0.25) is 0 Å². The molecule has 5 heteroatoms. The number of hydrogen-bond acceptors (Lipinski definition) is 3.